The van der Waals surface area contributed by atoms with Crippen molar-refractivity contribution in [3.63, 3.8) is 0 Å². The largest absolute Gasteiger partial charge is 0.469 e. The number of rotatable bonds is 3. The lowest BCUT2D eigenvalue weighted by molar-refractivity contribution is 0.102. The van der Waals surface area contributed by atoms with E-state index in [2.05, 4.69) is 5.32 Å². The highest BCUT2D eigenvalue weighted by molar-refractivity contribution is 6.04. The number of furan rings is 1. The van der Waals surface area contributed by atoms with Gasteiger partial charge in [-0.05, 0) is 24.6 Å². The molecule has 0 bridgehead atoms. The molecule has 0 aliphatic rings. The summed E-state index contributed by atoms with van der Waals surface area (Å²) in [6.45, 7) is 2.19. The first kappa shape index (κ1) is 11.4. The molecule has 2 rings (SSSR count). The fourth-order valence-electron chi connectivity index (χ4n) is 1.58. The number of hydrogen-bond acceptors (Lipinski definition) is 3. The van der Waals surface area contributed by atoms with Gasteiger partial charge in [-0.2, -0.15) is 0 Å². The Labute approximate surface area is 99.4 Å². The average Bonchev–Trinajstić information content (AvgIpc) is 2.77. The predicted molar refractivity (Wildman–Crippen MR) is 65.7 cm³/mol. The second kappa shape index (κ2) is 4.84. The van der Waals surface area contributed by atoms with Crippen LogP contribution in [0.1, 0.15) is 21.7 Å². The maximum absolute atomic E-state index is 11.9. The molecule has 4 heteroatoms. The zero-order chi connectivity index (χ0) is 12.3. The minimum Gasteiger partial charge on any atom is -0.469 e. The van der Waals surface area contributed by atoms with Gasteiger partial charge in [0.05, 0.1) is 5.56 Å². The number of nitrogens with one attached hydrogen (secondary N) is 1. The number of amides is 1. The molecule has 0 unspecified atom stereocenters. The maximum Gasteiger partial charge on any atom is 0.258 e. The quantitative estimate of drug-likeness (QED) is 0.850. The van der Waals surface area contributed by atoms with Crippen LogP contribution in [0.3, 0.4) is 0 Å². The van der Waals surface area contributed by atoms with E-state index in [4.69, 9.17) is 10.2 Å². The first-order valence-electron chi connectivity index (χ1n) is 5.35. The molecule has 0 fully saturated rings. The van der Waals surface area contributed by atoms with Gasteiger partial charge in [-0.3, -0.25) is 4.79 Å². The number of carbonyl (C=O) groups excluding carboxylic acids is 1. The van der Waals surface area contributed by atoms with E-state index in [0.29, 0.717) is 17.9 Å². The van der Waals surface area contributed by atoms with Gasteiger partial charge in [0, 0.05) is 12.2 Å². The molecule has 0 radical (unpaired) electrons. The van der Waals surface area contributed by atoms with Gasteiger partial charge in [-0.15, -0.1) is 0 Å². The van der Waals surface area contributed by atoms with Gasteiger partial charge in [0.15, 0.2) is 0 Å². The van der Waals surface area contributed by atoms with Gasteiger partial charge in [0.1, 0.15) is 12.0 Å². The second-order valence-electron chi connectivity index (χ2n) is 3.76. The Morgan fingerprint density at radius 1 is 1.41 bits per heavy atom. The fraction of sp³-hybridized carbons (Fsp3) is 0.154. The molecule has 0 atom stereocenters. The Kier molecular flexibility index (Phi) is 3.25. The third kappa shape index (κ3) is 2.54. The van der Waals surface area contributed by atoms with Crippen LogP contribution >= 0.6 is 0 Å². The highest BCUT2D eigenvalue weighted by atomic mass is 16.3. The van der Waals surface area contributed by atoms with Crippen molar-refractivity contribution < 1.29 is 9.21 Å². The van der Waals surface area contributed by atoms with Crippen LogP contribution in [0, 0.1) is 6.92 Å². The van der Waals surface area contributed by atoms with E-state index >= 15 is 0 Å². The standard InChI is InChI=1S/C13H14N2O2/c1-9-6-11(8-17-9)13(16)15-12-5-3-2-4-10(12)7-14/h2-6,8H,7,14H2,1H3,(H,15,16). The van der Waals surface area contributed by atoms with E-state index in [-0.39, 0.29) is 5.91 Å². The molecular formula is C13H14N2O2. The van der Waals surface area contributed by atoms with E-state index in [9.17, 15) is 4.79 Å². The van der Waals surface area contributed by atoms with Gasteiger partial charge in [0.25, 0.3) is 5.91 Å². The first-order chi connectivity index (χ1) is 8.20. The van der Waals surface area contributed by atoms with Crippen molar-refractivity contribution >= 4 is 11.6 Å². The van der Waals surface area contributed by atoms with Crippen LogP contribution in [-0.4, -0.2) is 5.91 Å². The topological polar surface area (TPSA) is 68.3 Å². The van der Waals surface area contributed by atoms with Crippen LogP contribution in [0.15, 0.2) is 41.0 Å². The molecule has 0 aliphatic carbocycles. The van der Waals surface area contributed by atoms with Gasteiger partial charge < -0.3 is 15.5 Å². The van der Waals surface area contributed by atoms with E-state index in [1.165, 1.54) is 6.26 Å². The van der Waals surface area contributed by atoms with Crippen LogP contribution < -0.4 is 11.1 Å². The highest BCUT2D eigenvalue weighted by Crippen LogP contribution is 2.16. The van der Waals surface area contributed by atoms with Crippen LogP contribution in [0.5, 0.6) is 0 Å². The summed E-state index contributed by atoms with van der Waals surface area (Å²) in [5.74, 6) is 0.519. The van der Waals surface area contributed by atoms with Crippen molar-refractivity contribution in [2.24, 2.45) is 5.73 Å². The van der Waals surface area contributed by atoms with Crippen molar-refractivity contribution in [1.29, 1.82) is 0 Å². The van der Waals surface area contributed by atoms with E-state index in [1.54, 1.807) is 13.0 Å². The molecule has 1 heterocycles. The third-order valence-corrected chi connectivity index (χ3v) is 2.48. The molecule has 1 aromatic carbocycles. The minimum absolute atomic E-state index is 0.192. The lowest BCUT2D eigenvalue weighted by atomic mass is 10.1. The molecule has 0 saturated heterocycles. The zero-order valence-corrected chi connectivity index (χ0v) is 9.57. The number of para-hydroxylation sites is 1. The average molecular weight is 230 g/mol. The van der Waals surface area contributed by atoms with Crippen molar-refractivity contribution in [3.05, 3.63) is 53.5 Å². The normalized spacial score (nSPS) is 10.2. The lowest BCUT2D eigenvalue weighted by Crippen LogP contribution is -2.13. The first-order valence-corrected chi connectivity index (χ1v) is 5.35. The molecule has 1 aromatic heterocycles. The number of nitrogens with two attached hydrogens (primary N) is 1. The number of aryl methyl sites for hydroxylation is 1. The summed E-state index contributed by atoms with van der Waals surface area (Å²) in [7, 11) is 0. The summed E-state index contributed by atoms with van der Waals surface area (Å²) in [5.41, 5.74) is 7.75. The van der Waals surface area contributed by atoms with E-state index in [1.807, 2.05) is 24.3 Å². The Hall–Kier alpha value is -2.07. The van der Waals surface area contributed by atoms with Crippen LogP contribution in [-0.2, 0) is 6.54 Å². The van der Waals surface area contributed by atoms with Gasteiger partial charge in [-0.1, -0.05) is 18.2 Å². The molecule has 17 heavy (non-hydrogen) atoms. The Morgan fingerprint density at radius 3 is 2.82 bits per heavy atom. The van der Waals surface area contributed by atoms with Gasteiger partial charge in [0.2, 0.25) is 0 Å². The van der Waals surface area contributed by atoms with Gasteiger partial charge >= 0.3 is 0 Å². The van der Waals surface area contributed by atoms with E-state index < -0.39 is 0 Å². The van der Waals surface area contributed by atoms with Crippen LogP contribution in [0.25, 0.3) is 0 Å². The molecule has 0 aliphatic heterocycles. The molecule has 4 nitrogen and oxygen atoms in total. The summed E-state index contributed by atoms with van der Waals surface area (Å²) >= 11 is 0. The molecule has 88 valence electrons. The number of hydrogen-bond donors (Lipinski definition) is 2. The molecule has 2 aromatic rings. The smallest absolute Gasteiger partial charge is 0.258 e. The Balaban J connectivity index is 2.18. The zero-order valence-electron chi connectivity index (χ0n) is 9.57. The van der Waals surface area contributed by atoms with Crippen LogP contribution in [0.2, 0.25) is 0 Å². The Morgan fingerprint density at radius 2 is 2.18 bits per heavy atom. The van der Waals surface area contributed by atoms with Crippen molar-refractivity contribution in [2.75, 3.05) is 5.32 Å². The predicted octanol–water partition coefficient (Wildman–Crippen LogP) is 2.30. The lowest BCUT2D eigenvalue weighted by Gasteiger charge is -2.08. The number of benzene rings is 1. The summed E-state index contributed by atoms with van der Waals surface area (Å²) < 4.78 is 5.09. The van der Waals surface area contributed by atoms with Crippen LogP contribution in [0.4, 0.5) is 5.69 Å². The SMILES string of the molecule is Cc1cc(C(=O)Nc2ccccc2CN)co1. The molecule has 1 amide bonds. The molecule has 3 N–H and O–H groups in total. The number of anilines is 1. The summed E-state index contributed by atoms with van der Waals surface area (Å²) in [6, 6.07) is 9.15. The summed E-state index contributed by atoms with van der Waals surface area (Å²) in [5, 5.41) is 2.81. The maximum atomic E-state index is 11.9. The monoisotopic (exact) mass is 230 g/mol. The summed E-state index contributed by atoms with van der Waals surface area (Å²) in [6.07, 6.45) is 1.44. The highest BCUT2D eigenvalue weighted by Gasteiger charge is 2.10. The van der Waals surface area contributed by atoms with Gasteiger partial charge in [-0.25, -0.2) is 0 Å². The summed E-state index contributed by atoms with van der Waals surface area (Å²) in [4.78, 5) is 11.9. The fourth-order valence-corrected chi connectivity index (χ4v) is 1.58. The van der Waals surface area contributed by atoms with Crippen molar-refractivity contribution in [1.82, 2.24) is 0 Å². The van der Waals surface area contributed by atoms with Crippen molar-refractivity contribution in [3.8, 4) is 0 Å². The molecular weight excluding hydrogens is 216 g/mol. The van der Waals surface area contributed by atoms with Crippen molar-refractivity contribution in [2.45, 2.75) is 13.5 Å². The Bertz CT molecular complexity index is 532. The third-order valence-electron chi connectivity index (χ3n) is 2.48. The second-order valence-corrected chi connectivity index (χ2v) is 3.76. The molecule has 0 saturated carbocycles. The molecule has 0 spiro atoms. The minimum atomic E-state index is -0.192. The van der Waals surface area contributed by atoms with E-state index in [0.717, 1.165) is 11.3 Å². The number of carbonyl (C=O) groups is 1.